The van der Waals surface area contributed by atoms with Gasteiger partial charge in [-0.2, -0.15) is 0 Å². The summed E-state index contributed by atoms with van der Waals surface area (Å²) in [6.07, 6.45) is 18.0. The predicted molar refractivity (Wildman–Crippen MR) is 241 cm³/mol. The molecule has 0 radical (unpaired) electrons. The molecule has 0 bridgehead atoms. The van der Waals surface area contributed by atoms with Crippen LogP contribution in [0.2, 0.25) is 0 Å². The lowest BCUT2D eigenvalue weighted by Crippen LogP contribution is -2.13. The number of benzene rings is 7. The molecule has 57 heavy (non-hydrogen) atoms. The Labute approximate surface area is 336 Å². The Morgan fingerprint density at radius 3 is 1.47 bits per heavy atom. The van der Waals surface area contributed by atoms with Crippen LogP contribution in [0.1, 0.15) is 49.1 Å². The van der Waals surface area contributed by atoms with Gasteiger partial charge in [0.1, 0.15) is 0 Å². The van der Waals surface area contributed by atoms with E-state index in [-0.39, 0.29) is 5.92 Å². The van der Waals surface area contributed by atoms with Gasteiger partial charge >= 0.3 is 0 Å². The first-order valence-electron chi connectivity index (χ1n) is 20.6. The van der Waals surface area contributed by atoms with Crippen molar-refractivity contribution in [2.45, 2.75) is 38.0 Å². The number of rotatable bonds is 3. The molecule has 4 aliphatic rings. The van der Waals surface area contributed by atoms with Crippen LogP contribution in [0.3, 0.4) is 0 Å². The first-order chi connectivity index (χ1) is 28.3. The van der Waals surface area contributed by atoms with Gasteiger partial charge in [0, 0.05) is 23.0 Å². The highest BCUT2D eigenvalue weighted by Crippen LogP contribution is 2.52. The van der Waals surface area contributed by atoms with Crippen molar-refractivity contribution in [3.05, 3.63) is 216 Å². The van der Waals surface area contributed by atoms with Crippen molar-refractivity contribution in [3.63, 3.8) is 0 Å². The number of hydrogen-bond donors (Lipinski definition) is 0. The molecule has 1 atom stereocenters. The monoisotopic (exact) mass is 729 g/mol. The summed E-state index contributed by atoms with van der Waals surface area (Å²) < 4.78 is 0. The van der Waals surface area contributed by atoms with Gasteiger partial charge in [0.05, 0.1) is 0 Å². The molecule has 1 heteroatoms. The van der Waals surface area contributed by atoms with Crippen LogP contribution in [-0.2, 0) is 0 Å². The quantitative estimate of drug-likeness (QED) is 0.164. The van der Waals surface area contributed by atoms with Crippen molar-refractivity contribution in [1.29, 1.82) is 0 Å². The van der Waals surface area contributed by atoms with Crippen molar-refractivity contribution in [2.24, 2.45) is 0 Å². The number of anilines is 3. The standard InChI is InChI=1S/C56H43N/c1-4-18-38(19-5-1)57(40-33-35-54-50-29-13-12-26-46(50)44-24-10-11-25-45(44)48-28-15-17-31-52(48)56(54)37-40)39-32-34-53-49-23-9-3-8-22-43(49)41-20-6-2-7-21-42(41)47-27-14-16-30-51(47)55(53)36-39/h1,4-5,7,10-37,42H,2-3,6,8-9H2. The summed E-state index contributed by atoms with van der Waals surface area (Å²) in [7, 11) is 0. The summed E-state index contributed by atoms with van der Waals surface area (Å²) in [4.78, 5) is 2.46. The van der Waals surface area contributed by atoms with Crippen molar-refractivity contribution < 1.29 is 0 Å². The zero-order valence-electron chi connectivity index (χ0n) is 32.0. The molecule has 7 aromatic rings. The van der Waals surface area contributed by atoms with Crippen LogP contribution < -0.4 is 4.90 Å². The molecule has 0 spiro atoms. The molecule has 1 nitrogen and oxygen atoms in total. The second kappa shape index (κ2) is 14.1. The molecule has 7 aromatic carbocycles. The Balaban J connectivity index is 1.15. The fourth-order valence-electron chi connectivity index (χ4n) is 9.86. The maximum atomic E-state index is 2.53. The topological polar surface area (TPSA) is 3.24 Å². The third-order valence-corrected chi connectivity index (χ3v) is 12.4. The number of hydrogen-bond acceptors (Lipinski definition) is 1. The summed E-state index contributed by atoms with van der Waals surface area (Å²) in [5, 5.41) is 0. The summed E-state index contributed by atoms with van der Waals surface area (Å²) >= 11 is 0. The van der Waals surface area contributed by atoms with Gasteiger partial charge < -0.3 is 4.90 Å². The number of para-hydroxylation sites is 1. The summed E-state index contributed by atoms with van der Waals surface area (Å²) in [5.74, 6) is 0.222. The lowest BCUT2D eigenvalue weighted by atomic mass is 9.74. The highest BCUT2D eigenvalue weighted by atomic mass is 15.1. The minimum absolute atomic E-state index is 0.222. The minimum atomic E-state index is 0.222. The number of fused-ring (bicyclic) bond motifs is 16. The van der Waals surface area contributed by atoms with E-state index < -0.39 is 0 Å². The van der Waals surface area contributed by atoms with Crippen LogP contribution in [0.4, 0.5) is 17.1 Å². The second-order valence-electron chi connectivity index (χ2n) is 15.7. The van der Waals surface area contributed by atoms with E-state index in [0.29, 0.717) is 0 Å². The predicted octanol–water partition coefficient (Wildman–Crippen LogP) is 15.7. The van der Waals surface area contributed by atoms with Crippen LogP contribution in [0.15, 0.2) is 205 Å². The van der Waals surface area contributed by atoms with Crippen LogP contribution >= 0.6 is 0 Å². The SMILES string of the molecule is C1=CC2C(=CCC1)C1=CCCCC=C1c1ccc(N(c3ccccc3)c3ccc4c(c3)-c3ccccc3-c3ccccc3-c3ccccc3-4)cc1-c1ccccc12. The molecule has 0 amide bonds. The van der Waals surface area contributed by atoms with E-state index in [0.717, 1.165) is 42.7 Å². The summed E-state index contributed by atoms with van der Waals surface area (Å²) in [6, 6.07) is 61.1. The van der Waals surface area contributed by atoms with E-state index in [1.54, 1.807) is 0 Å². The molecule has 0 saturated carbocycles. The van der Waals surface area contributed by atoms with Crippen LogP contribution in [0, 0.1) is 0 Å². The van der Waals surface area contributed by atoms with Crippen LogP contribution in [0.25, 0.3) is 61.2 Å². The third kappa shape index (κ3) is 5.68. The molecule has 0 saturated heterocycles. The Hall–Kier alpha value is -6.70. The number of nitrogens with zero attached hydrogens (tertiary/aromatic N) is 1. The fourth-order valence-corrected chi connectivity index (χ4v) is 9.86. The summed E-state index contributed by atoms with van der Waals surface area (Å²) in [6.45, 7) is 0. The normalized spacial score (nSPS) is 16.1. The van der Waals surface area contributed by atoms with Crippen molar-refractivity contribution in [3.8, 4) is 55.6 Å². The van der Waals surface area contributed by atoms with Crippen molar-refractivity contribution in [1.82, 2.24) is 0 Å². The third-order valence-electron chi connectivity index (χ3n) is 12.4. The average molecular weight is 730 g/mol. The van der Waals surface area contributed by atoms with E-state index in [1.165, 1.54) is 89.9 Å². The Morgan fingerprint density at radius 2 is 0.842 bits per heavy atom. The summed E-state index contributed by atoms with van der Waals surface area (Å²) in [5.41, 5.74) is 23.0. The maximum Gasteiger partial charge on any atom is 0.0468 e. The first kappa shape index (κ1) is 33.6. The van der Waals surface area contributed by atoms with Crippen molar-refractivity contribution >= 4 is 22.6 Å². The molecular formula is C56H43N. The van der Waals surface area contributed by atoms with E-state index in [1.807, 2.05) is 0 Å². The molecule has 4 aliphatic carbocycles. The lowest BCUT2D eigenvalue weighted by molar-refractivity contribution is 0.873. The van der Waals surface area contributed by atoms with E-state index >= 15 is 0 Å². The van der Waals surface area contributed by atoms with Crippen LogP contribution in [-0.4, -0.2) is 0 Å². The zero-order valence-corrected chi connectivity index (χ0v) is 32.0. The van der Waals surface area contributed by atoms with E-state index in [9.17, 15) is 0 Å². The molecule has 0 aromatic heterocycles. The van der Waals surface area contributed by atoms with Gasteiger partial charge in [-0.3, -0.25) is 0 Å². The molecule has 11 rings (SSSR count). The van der Waals surface area contributed by atoms with Gasteiger partial charge in [0.15, 0.2) is 0 Å². The molecule has 0 N–H and O–H groups in total. The van der Waals surface area contributed by atoms with E-state index in [4.69, 9.17) is 0 Å². The van der Waals surface area contributed by atoms with E-state index in [2.05, 4.69) is 199 Å². The molecule has 272 valence electrons. The molecule has 0 aliphatic heterocycles. The largest absolute Gasteiger partial charge is 0.310 e. The molecule has 0 fully saturated rings. The van der Waals surface area contributed by atoms with Gasteiger partial charge in [0.25, 0.3) is 0 Å². The van der Waals surface area contributed by atoms with Crippen molar-refractivity contribution in [2.75, 3.05) is 4.90 Å². The smallest absolute Gasteiger partial charge is 0.0468 e. The number of allylic oxidation sites excluding steroid dienone is 8. The fraction of sp³-hybridized carbons (Fsp3) is 0.107. The average Bonchev–Trinajstić information content (AvgIpc) is 3.67. The van der Waals surface area contributed by atoms with Gasteiger partial charge in [0.2, 0.25) is 0 Å². The molecule has 0 heterocycles. The maximum absolute atomic E-state index is 2.53. The second-order valence-corrected chi connectivity index (χ2v) is 15.7. The molecular weight excluding hydrogens is 687 g/mol. The first-order valence-corrected chi connectivity index (χ1v) is 20.6. The molecule has 1 unspecified atom stereocenters. The van der Waals surface area contributed by atoms with Gasteiger partial charge in [-0.15, -0.1) is 0 Å². The minimum Gasteiger partial charge on any atom is -0.310 e. The highest BCUT2D eigenvalue weighted by molar-refractivity contribution is 6.04. The Bertz CT molecular complexity index is 2820. The van der Waals surface area contributed by atoms with Gasteiger partial charge in [-0.1, -0.05) is 158 Å². The Kier molecular flexibility index (Phi) is 8.32. The van der Waals surface area contributed by atoms with Crippen LogP contribution in [0.5, 0.6) is 0 Å². The van der Waals surface area contributed by atoms with Gasteiger partial charge in [-0.05, 0) is 152 Å². The lowest BCUT2D eigenvalue weighted by Gasteiger charge is -2.31. The highest BCUT2D eigenvalue weighted by Gasteiger charge is 2.30. The zero-order chi connectivity index (χ0) is 37.7. The van der Waals surface area contributed by atoms with Gasteiger partial charge in [-0.25, -0.2) is 0 Å². The Morgan fingerprint density at radius 1 is 0.351 bits per heavy atom.